The number of Topliss-reactive ketones (excluding diaryl/α,β-unsaturated/α-hetero) is 1. The number of aliphatic hydroxyl groups excluding tert-OH is 1. The maximum Gasteiger partial charge on any atom is 0.295 e. The van der Waals surface area contributed by atoms with Crippen molar-refractivity contribution in [2.24, 2.45) is 0 Å². The van der Waals surface area contributed by atoms with Crippen LogP contribution in [0.1, 0.15) is 48.9 Å². The van der Waals surface area contributed by atoms with E-state index in [4.69, 9.17) is 4.74 Å². The molecule has 1 aliphatic rings. The van der Waals surface area contributed by atoms with Crippen LogP contribution in [0.25, 0.3) is 5.76 Å². The van der Waals surface area contributed by atoms with Crippen LogP contribution in [0.4, 0.5) is 0 Å². The Morgan fingerprint density at radius 1 is 1.00 bits per heavy atom. The minimum atomic E-state index is -0.748. The normalized spacial score (nSPS) is 17.2. The standard InChI is InChI=1S/C27H27N3O4/c1-2-3-4-16-34-22-9-7-20(8-10-22)24-23(25(31)21-11-14-28-15-12-21)26(32)27(33)30(24)18-19-6-5-13-29-17-19/h5-15,17,24,31H,2-4,16,18H2,1H3/b25-23+. The van der Waals surface area contributed by atoms with Gasteiger partial charge in [0, 0.05) is 36.9 Å². The van der Waals surface area contributed by atoms with Gasteiger partial charge in [-0.25, -0.2) is 0 Å². The van der Waals surface area contributed by atoms with Gasteiger partial charge in [-0.1, -0.05) is 38.0 Å². The lowest BCUT2D eigenvalue weighted by Crippen LogP contribution is -2.29. The monoisotopic (exact) mass is 457 g/mol. The molecule has 0 spiro atoms. The predicted octanol–water partition coefficient (Wildman–Crippen LogP) is 4.67. The highest BCUT2D eigenvalue weighted by Gasteiger charge is 2.46. The van der Waals surface area contributed by atoms with Gasteiger partial charge in [-0.3, -0.25) is 19.6 Å². The number of unbranched alkanes of at least 4 members (excludes halogenated alkanes) is 2. The van der Waals surface area contributed by atoms with Crippen molar-refractivity contribution in [3.63, 3.8) is 0 Å². The van der Waals surface area contributed by atoms with Crippen molar-refractivity contribution in [2.45, 2.75) is 38.8 Å². The summed E-state index contributed by atoms with van der Waals surface area (Å²) in [5.74, 6) is -0.884. The third-order valence-corrected chi connectivity index (χ3v) is 5.78. The summed E-state index contributed by atoms with van der Waals surface area (Å²) < 4.78 is 5.81. The van der Waals surface area contributed by atoms with E-state index >= 15 is 0 Å². The third-order valence-electron chi connectivity index (χ3n) is 5.78. The largest absolute Gasteiger partial charge is 0.507 e. The first kappa shape index (κ1) is 23.2. The molecule has 7 heteroatoms. The van der Waals surface area contributed by atoms with Crippen molar-refractivity contribution in [3.8, 4) is 5.75 Å². The van der Waals surface area contributed by atoms with Crippen LogP contribution in [0.3, 0.4) is 0 Å². The second-order valence-corrected chi connectivity index (χ2v) is 8.15. The number of rotatable bonds is 9. The van der Waals surface area contributed by atoms with Gasteiger partial charge >= 0.3 is 0 Å². The van der Waals surface area contributed by atoms with E-state index in [-0.39, 0.29) is 17.9 Å². The molecule has 0 aliphatic carbocycles. The molecule has 0 saturated carbocycles. The molecule has 1 saturated heterocycles. The number of nitrogens with zero attached hydrogens (tertiary/aromatic N) is 3. The van der Waals surface area contributed by atoms with Gasteiger partial charge in [0.1, 0.15) is 11.5 Å². The summed E-state index contributed by atoms with van der Waals surface area (Å²) in [6, 6.07) is 13.4. The number of benzene rings is 1. The first-order valence-electron chi connectivity index (χ1n) is 11.4. The Bertz CT molecular complexity index is 1160. The van der Waals surface area contributed by atoms with Crippen molar-refractivity contribution in [3.05, 3.63) is 95.6 Å². The summed E-state index contributed by atoms with van der Waals surface area (Å²) in [7, 11) is 0. The molecule has 1 aromatic carbocycles. The molecule has 0 radical (unpaired) electrons. The quantitative estimate of drug-likeness (QED) is 0.217. The van der Waals surface area contributed by atoms with E-state index in [1.165, 1.54) is 17.3 Å². The number of pyridine rings is 2. The average Bonchev–Trinajstić information content (AvgIpc) is 3.12. The molecule has 174 valence electrons. The molecule has 34 heavy (non-hydrogen) atoms. The lowest BCUT2D eigenvalue weighted by molar-refractivity contribution is -0.140. The zero-order valence-electron chi connectivity index (χ0n) is 19.1. The summed E-state index contributed by atoms with van der Waals surface area (Å²) in [6.45, 7) is 2.96. The Morgan fingerprint density at radius 2 is 1.76 bits per heavy atom. The first-order valence-corrected chi connectivity index (χ1v) is 11.4. The second kappa shape index (κ2) is 10.7. The molecule has 0 bridgehead atoms. The molecular formula is C27H27N3O4. The average molecular weight is 458 g/mol. The summed E-state index contributed by atoms with van der Waals surface area (Å²) in [5.41, 5.74) is 1.97. The van der Waals surface area contributed by atoms with Crippen LogP contribution in [0, 0.1) is 0 Å². The number of amides is 1. The van der Waals surface area contributed by atoms with Crippen molar-refractivity contribution in [1.82, 2.24) is 14.9 Å². The molecule has 1 fully saturated rings. The van der Waals surface area contributed by atoms with Gasteiger partial charge < -0.3 is 14.7 Å². The Morgan fingerprint density at radius 3 is 2.44 bits per heavy atom. The van der Waals surface area contributed by atoms with E-state index < -0.39 is 17.7 Å². The van der Waals surface area contributed by atoms with Gasteiger partial charge in [0.05, 0.1) is 18.2 Å². The summed E-state index contributed by atoms with van der Waals surface area (Å²) >= 11 is 0. The Balaban J connectivity index is 1.71. The molecule has 1 N–H and O–H groups in total. The molecular weight excluding hydrogens is 430 g/mol. The Kier molecular flexibility index (Phi) is 7.32. The highest BCUT2D eigenvalue weighted by molar-refractivity contribution is 6.46. The topological polar surface area (TPSA) is 92.6 Å². The number of likely N-dealkylation sites (tertiary alicyclic amines) is 1. The van der Waals surface area contributed by atoms with Gasteiger partial charge in [0.15, 0.2) is 0 Å². The van der Waals surface area contributed by atoms with Gasteiger partial charge in [-0.15, -0.1) is 0 Å². The van der Waals surface area contributed by atoms with Gasteiger partial charge in [0.2, 0.25) is 0 Å². The molecule has 7 nitrogen and oxygen atoms in total. The van der Waals surface area contributed by atoms with Crippen LogP contribution in [-0.4, -0.2) is 38.3 Å². The van der Waals surface area contributed by atoms with Crippen LogP contribution in [0.5, 0.6) is 5.75 Å². The maximum absolute atomic E-state index is 13.1. The van der Waals surface area contributed by atoms with Crippen molar-refractivity contribution >= 4 is 17.4 Å². The number of carbonyl (C=O) groups is 2. The maximum atomic E-state index is 13.1. The number of aliphatic hydroxyl groups is 1. The highest BCUT2D eigenvalue weighted by atomic mass is 16.5. The van der Waals surface area contributed by atoms with E-state index in [9.17, 15) is 14.7 Å². The number of ether oxygens (including phenoxy) is 1. The smallest absolute Gasteiger partial charge is 0.295 e. The number of aromatic nitrogens is 2. The van der Waals surface area contributed by atoms with E-state index in [1.807, 2.05) is 30.3 Å². The van der Waals surface area contributed by atoms with E-state index in [1.54, 1.807) is 30.6 Å². The van der Waals surface area contributed by atoms with Crippen LogP contribution in [-0.2, 0) is 16.1 Å². The van der Waals surface area contributed by atoms with Gasteiger partial charge in [0.25, 0.3) is 11.7 Å². The summed E-state index contributed by atoms with van der Waals surface area (Å²) in [6.07, 6.45) is 9.58. The number of carbonyl (C=O) groups excluding carboxylic acids is 2. The SMILES string of the molecule is CCCCCOc1ccc(C2/C(=C(\O)c3ccncc3)C(=O)C(=O)N2Cc2cccnc2)cc1. The Labute approximate surface area is 198 Å². The fourth-order valence-corrected chi connectivity index (χ4v) is 4.03. The van der Waals surface area contributed by atoms with Crippen LogP contribution >= 0.6 is 0 Å². The molecule has 1 amide bonds. The lowest BCUT2D eigenvalue weighted by atomic mass is 9.95. The highest BCUT2D eigenvalue weighted by Crippen LogP contribution is 2.40. The predicted molar refractivity (Wildman–Crippen MR) is 128 cm³/mol. The minimum Gasteiger partial charge on any atom is -0.507 e. The van der Waals surface area contributed by atoms with E-state index in [2.05, 4.69) is 16.9 Å². The van der Waals surface area contributed by atoms with E-state index in [0.717, 1.165) is 30.6 Å². The molecule has 3 heterocycles. The second-order valence-electron chi connectivity index (χ2n) is 8.15. The first-order chi connectivity index (χ1) is 16.6. The van der Waals surface area contributed by atoms with Crippen molar-refractivity contribution < 1.29 is 19.4 Å². The van der Waals surface area contributed by atoms with E-state index in [0.29, 0.717) is 17.7 Å². The molecule has 4 rings (SSSR count). The fraction of sp³-hybridized carbons (Fsp3) is 0.259. The minimum absolute atomic E-state index is 0.0525. The molecule has 1 aliphatic heterocycles. The van der Waals surface area contributed by atoms with Gasteiger partial charge in [-0.05, 0) is 47.9 Å². The fourth-order valence-electron chi connectivity index (χ4n) is 4.03. The van der Waals surface area contributed by atoms with Crippen molar-refractivity contribution in [1.29, 1.82) is 0 Å². The van der Waals surface area contributed by atoms with Gasteiger partial charge in [-0.2, -0.15) is 0 Å². The molecule has 1 unspecified atom stereocenters. The van der Waals surface area contributed by atoms with Crippen LogP contribution in [0.2, 0.25) is 0 Å². The summed E-state index contributed by atoms with van der Waals surface area (Å²) in [5, 5.41) is 11.1. The van der Waals surface area contributed by atoms with Crippen molar-refractivity contribution in [2.75, 3.05) is 6.61 Å². The number of ketones is 1. The molecule has 1 atom stereocenters. The Hall–Kier alpha value is -4.00. The molecule has 2 aromatic heterocycles. The number of hydrogen-bond acceptors (Lipinski definition) is 6. The van der Waals surface area contributed by atoms with Crippen LogP contribution < -0.4 is 4.74 Å². The lowest BCUT2D eigenvalue weighted by Gasteiger charge is -2.25. The zero-order chi connectivity index (χ0) is 23.9. The molecule has 3 aromatic rings. The summed E-state index contributed by atoms with van der Waals surface area (Å²) in [4.78, 5) is 35.7. The third kappa shape index (κ3) is 4.98. The number of hydrogen-bond donors (Lipinski definition) is 1. The zero-order valence-corrected chi connectivity index (χ0v) is 19.1. The van der Waals surface area contributed by atoms with Crippen LogP contribution in [0.15, 0.2) is 78.9 Å².